The molecule has 0 radical (unpaired) electrons. The minimum Gasteiger partial charge on any atom is -0.236 e. The summed E-state index contributed by atoms with van der Waals surface area (Å²) in [7, 11) is 5.02. The lowest BCUT2D eigenvalue weighted by molar-refractivity contribution is 1.67. The van der Waals surface area contributed by atoms with Crippen molar-refractivity contribution in [2.45, 2.75) is 0 Å². The molecule has 0 aromatic rings. The summed E-state index contributed by atoms with van der Waals surface area (Å²) < 4.78 is 6.51. The van der Waals surface area contributed by atoms with Crippen molar-refractivity contribution in [2.75, 3.05) is 0 Å². The Hall–Kier alpha value is 0.900. The highest BCUT2D eigenvalue weighted by Crippen LogP contribution is 1.28. The van der Waals surface area contributed by atoms with Gasteiger partial charge in [-0.2, -0.15) is 0 Å². The first-order chi connectivity index (χ1) is 2.91. The lowest BCUT2D eigenvalue weighted by Crippen LogP contribution is -1.27. The molecule has 1 N–H and O–H groups in total. The van der Waals surface area contributed by atoms with Crippen LogP contribution in [0.2, 0.25) is 0 Å². The Kier molecular flexibility index (Phi) is 6.79. The highest BCUT2D eigenvalue weighted by Gasteiger charge is 1.27. The van der Waals surface area contributed by atoms with Crippen LogP contribution in [-0.2, 0) is 47.9 Å². The maximum absolute atomic E-state index is 6.51. The van der Waals surface area contributed by atoms with E-state index in [0.29, 0.717) is 0 Å². The second-order valence-corrected chi connectivity index (χ2v) is 6.26. The van der Waals surface area contributed by atoms with Gasteiger partial charge in [-0.25, -0.2) is 4.78 Å². The van der Waals surface area contributed by atoms with Gasteiger partial charge in [-0.05, 0) is 0 Å². The molecule has 0 saturated carbocycles. The number of hydrogen-bond donors (Lipinski definition) is 1. The maximum atomic E-state index is 6.51. The van der Waals surface area contributed by atoms with Crippen molar-refractivity contribution in [2.24, 2.45) is 0 Å². The van der Waals surface area contributed by atoms with E-state index in [1.54, 1.807) is 0 Å². The van der Waals surface area contributed by atoms with Gasteiger partial charge < -0.3 is 0 Å². The van der Waals surface area contributed by atoms with Crippen LogP contribution >= 0.6 is 0 Å². The molecule has 0 aromatic carbocycles. The molecular formula is HNS5. The van der Waals surface area contributed by atoms with Crippen molar-refractivity contribution in [3.63, 3.8) is 0 Å². The van der Waals surface area contributed by atoms with Crippen LogP contribution in [0.1, 0.15) is 0 Å². The van der Waals surface area contributed by atoms with E-state index < -0.39 is 0 Å². The van der Waals surface area contributed by atoms with Gasteiger partial charge in [0.2, 0.25) is 0 Å². The lowest BCUT2D eigenvalue weighted by atomic mass is 14.0. The first kappa shape index (κ1) is 6.90. The van der Waals surface area contributed by atoms with Gasteiger partial charge in [0.25, 0.3) is 0 Å². The van der Waals surface area contributed by atoms with E-state index >= 15 is 0 Å². The molecule has 0 aliphatic carbocycles. The van der Waals surface area contributed by atoms with E-state index in [2.05, 4.69) is 11.2 Å². The summed E-state index contributed by atoms with van der Waals surface area (Å²) in [4.78, 5) is 0. The normalized spacial score (nSPS) is 6.00. The fraction of sp³-hybridized carbons (Fsp3) is 0. The van der Waals surface area contributed by atoms with Crippen LogP contribution in [0.25, 0.3) is 0 Å². The van der Waals surface area contributed by atoms with Crippen LogP contribution in [0.15, 0.2) is 0 Å². The van der Waals surface area contributed by atoms with Crippen molar-refractivity contribution >= 4 is 47.9 Å². The molecule has 0 aliphatic rings. The topological polar surface area (TPSA) is 23.9 Å². The first-order valence-electron chi connectivity index (χ1n) is 0.871. The maximum Gasteiger partial charge on any atom is 0.0250 e. The van der Waals surface area contributed by atoms with Crippen LogP contribution in [0.4, 0.5) is 0 Å². The Morgan fingerprint density at radius 2 is 2.00 bits per heavy atom. The molecule has 0 bridgehead atoms. The molecule has 0 saturated heterocycles. The summed E-state index contributed by atoms with van der Waals surface area (Å²) in [5.41, 5.74) is 0. The molecule has 0 amide bonds. The summed E-state index contributed by atoms with van der Waals surface area (Å²) in [5, 5.41) is 0. The van der Waals surface area contributed by atoms with Crippen molar-refractivity contribution in [3.8, 4) is 0 Å². The van der Waals surface area contributed by atoms with Gasteiger partial charge in [0, 0.05) is 47.9 Å². The van der Waals surface area contributed by atoms with Gasteiger partial charge >= 0.3 is 0 Å². The number of nitrogens with one attached hydrogen (secondary N) is 1. The van der Waals surface area contributed by atoms with Crippen molar-refractivity contribution in [3.05, 3.63) is 0 Å². The zero-order valence-corrected chi connectivity index (χ0v) is 6.62. The van der Waals surface area contributed by atoms with Gasteiger partial charge in [0.15, 0.2) is 0 Å². The molecule has 0 fully saturated rings. The largest absolute Gasteiger partial charge is 0.236 e. The molecule has 6 heteroatoms. The van der Waals surface area contributed by atoms with Crippen molar-refractivity contribution < 1.29 is 0 Å². The Labute approximate surface area is 52.6 Å². The van der Waals surface area contributed by atoms with E-state index in [1.807, 2.05) is 0 Å². The second-order valence-electron chi connectivity index (χ2n) is 0.287. The standard InChI is InChI=1S/HNS5/c1-3-5-6-4-2/h1H. The SMILES string of the molecule is N=S=S=S=S=S. The van der Waals surface area contributed by atoms with E-state index in [9.17, 15) is 0 Å². The molecule has 0 aromatic heterocycles. The van der Waals surface area contributed by atoms with E-state index in [1.165, 1.54) is 26.6 Å². The first-order valence-corrected chi connectivity index (χ1v) is 6.61. The fourth-order valence-electron chi connectivity index (χ4n) is 0.0252. The van der Waals surface area contributed by atoms with Gasteiger partial charge in [-0.1, -0.05) is 0 Å². The monoisotopic (exact) mass is 175 g/mol. The Morgan fingerprint density at radius 3 is 2.17 bits per heavy atom. The summed E-state index contributed by atoms with van der Waals surface area (Å²) in [6.45, 7) is 0. The van der Waals surface area contributed by atoms with Crippen LogP contribution < -0.4 is 0 Å². The average molecular weight is 175 g/mol. The third-order valence-electron chi connectivity index (χ3n) is 0.0896. The van der Waals surface area contributed by atoms with E-state index in [4.69, 9.17) is 4.78 Å². The fourth-order valence-corrected chi connectivity index (χ4v) is 3.88. The highest BCUT2D eigenvalue weighted by atomic mass is 33.3. The van der Waals surface area contributed by atoms with Gasteiger partial charge in [-0.3, -0.25) is 0 Å². The molecule has 0 atom stereocenters. The Morgan fingerprint density at radius 1 is 1.33 bits per heavy atom. The molecule has 0 unspecified atom stereocenters. The van der Waals surface area contributed by atoms with E-state index in [-0.39, 0.29) is 0 Å². The van der Waals surface area contributed by atoms with Crippen LogP contribution in [0.3, 0.4) is 0 Å². The molecule has 0 aliphatic heterocycles. The predicted octanol–water partition coefficient (Wildman–Crippen LogP) is 0.286. The quantitative estimate of drug-likeness (QED) is 0.562. The molecule has 36 valence electrons. The van der Waals surface area contributed by atoms with Crippen molar-refractivity contribution in [1.82, 2.24) is 0 Å². The predicted molar refractivity (Wildman–Crippen MR) is 39.5 cm³/mol. The third-order valence-corrected chi connectivity index (χ3v) is 5.42. The van der Waals surface area contributed by atoms with Crippen molar-refractivity contribution in [1.29, 1.82) is 4.78 Å². The van der Waals surface area contributed by atoms with Crippen LogP contribution in [0.5, 0.6) is 0 Å². The Bertz CT molecular complexity index is 136. The zero-order valence-electron chi connectivity index (χ0n) is 2.54. The summed E-state index contributed by atoms with van der Waals surface area (Å²) in [5.74, 6) is 0. The Balaban J connectivity index is 4.68. The highest BCUT2D eigenvalue weighted by molar-refractivity contribution is 8.60. The van der Waals surface area contributed by atoms with Gasteiger partial charge in [0.05, 0.1) is 0 Å². The molecule has 0 spiro atoms. The summed E-state index contributed by atoms with van der Waals surface area (Å²) >= 11 is 4.48. The second kappa shape index (κ2) is 5.90. The van der Waals surface area contributed by atoms with Gasteiger partial charge in [-0.15, -0.1) is 0 Å². The molecule has 0 rings (SSSR count). The number of rotatable bonds is 0. The van der Waals surface area contributed by atoms with E-state index in [0.717, 1.165) is 10.1 Å². The van der Waals surface area contributed by atoms with Crippen LogP contribution in [-0.4, -0.2) is 0 Å². The minimum atomic E-state index is 0.968. The molecule has 6 heavy (non-hydrogen) atoms. The summed E-state index contributed by atoms with van der Waals surface area (Å²) in [6, 6.07) is 0. The third kappa shape index (κ3) is 4.90. The van der Waals surface area contributed by atoms with Crippen LogP contribution in [0, 0.1) is 4.78 Å². The summed E-state index contributed by atoms with van der Waals surface area (Å²) in [6.07, 6.45) is 0. The minimum absolute atomic E-state index is 0.968. The number of hydrogen-bond acceptors (Lipinski definition) is 2. The molecular weight excluding hydrogens is 174 g/mol. The molecule has 1 nitrogen and oxygen atoms in total. The lowest BCUT2D eigenvalue weighted by Gasteiger charge is -1.28. The average Bonchev–Trinajstić information content (AvgIpc) is 1.61. The zero-order chi connectivity index (χ0) is 4.83. The molecule has 0 heterocycles. The smallest absolute Gasteiger partial charge is 0.0250 e. The van der Waals surface area contributed by atoms with Gasteiger partial charge in [0.1, 0.15) is 0 Å².